The van der Waals surface area contributed by atoms with Gasteiger partial charge in [0.2, 0.25) is 0 Å². The number of halogens is 1. The summed E-state index contributed by atoms with van der Waals surface area (Å²) in [6, 6.07) is 15.5. The Morgan fingerprint density at radius 2 is 1.83 bits per heavy atom. The number of benzene rings is 2. The Bertz CT molecular complexity index is 688. The number of guanidine groups is 1. The lowest BCUT2D eigenvalue weighted by molar-refractivity contribution is 0.181. The fourth-order valence-electron chi connectivity index (χ4n) is 2.34. The number of rotatable bonds is 6. The molecule has 0 aliphatic rings. The second kappa shape index (κ2) is 9.30. The second-order valence-electron chi connectivity index (χ2n) is 5.54. The van der Waals surface area contributed by atoms with Crippen molar-refractivity contribution in [2.75, 3.05) is 13.1 Å². The number of nitrogens with zero attached hydrogens (tertiary/aromatic N) is 1. The minimum absolute atomic E-state index is 0.337. The molecule has 2 aromatic carbocycles. The van der Waals surface area contributed by atoms with Crippen LogP contribution < -0.4 is 10.6 Å². The standard InChI is InChI=1S/C19H24ClN3O/c1-3-21-19(22-12-15-9-5-4-8-14(15)2)23-13-18(24)16-10-6-7-11-17(16)20/h4-11,18,24H,3,12-13H2,1-2H3,(H2,21,22,23). The van der Waals surface area contributed by atoms with Crippen LogP contribution in [0.25, 0.3) is 0 Å². The maximum Gasteiger partial charge on any atom is 0.191 e. The Hall–Kier alpha value is -2.04. The third kappa shape index (κ3) is 5.25. The zero-order valence-electron chi connectivity index (χ0n) is 14.1. The van der Waals surface area contributed by atoms with Crippen LogP contribution in [0, 0.1) is 6.92 Å². The molecule has 0 heterocycles. The summed E-state index contributed by atoms with van der Waals surface area (Å²) in [5.74, 6) is 0.673. The van der Waals surface area contributed by atoms with Gasteiger partial charge in [0, 0.05) is 23.7 Å². The van der Waals surface area contributed by atoms with Crippen molar-refractivity contribution in [1.29, 1.82) is 0 Å². The molecule has 0 saturated carbocycles. The summed E-state index contributed by atoms with van der Waals surface area (Å²) in [5, 5.41) is 17.2. The summed E-state index contributed by atoms with van der Waals surface area (Å²) in [6.07, 6.45) is -0.694. The number of hydrogen-bond donors (Lipinski definition) is 3. The predicted molar refractivity (Wildman–Crippen MR) is 100 cm³/mol. The number of nitrogens with one attached hydrogen (secondary N) is 2. The van der Waals surface area contributed by atoms with Crippen molar-refractivity contribution < 1.29 is 5.11 Å². The minimum Gasteiger partial charge on any atom is -0.387 e. The molecule has 0 bridgehead atoms. The molecule has 4 nitrogen and oxygen atoms in total. The zero-order valence-corrected chi connectivity index (χ0v) is 14.8. The fraction of sp³-hybridized carbons (Fsp3) is 0.316. The smallest absolute Gasteiger partial charge is 0.191 e. The summed E-state index contributed by atoms with van der Waals surface area (Å²) in [5.41, 5.74) is 3.11. The Morgan fingerprint density at radius 1 is 1.12 bits per heavy atom. The summed E-state index contributed by atoms with van der Waals surface area (Å²) in [6.45, 7) is 5.76. The number of aryl methyl sites for hydroxylation is 1. The van der Waals surface area contributed by atoms with E-state index in [1.807, 2.05) is 37.3 Å². The Balaban J connectivity index is 1.99. The molecular weight excluding hydrogens is 322 g/mol. The van der Waals surface area contributed by atoms with Crippen molar-refractivity contribution in [3.8, 4) is 0 Å². The van der Waals surface area contributed by atoms with E-state index in [-0.39, 0.29) is 0 Å². The zero-order chi connectivity index (χ0) is 17.4. The molecule has 0 aromatic heterocycles. The number of hydrogen-bond acceptors (Lipinski definition) is 2. The highest BCUT2D eigenvalue weighted by atomic mass is 35.5. The summed E-state index contributed by atoms with van der Waals surface area (Å²) < 4.78 is 0. The largest absolute Gasteiger partial charge is 0.387 e. The predicted octanol–water partition coefficient (Wildman–Crippen LogP) is 3.44. The molecule has 24 heavy (non-hydrogen) atoms. The molecule has 1 unspecified atom stereocenters. The summed E-state index contributed by atoms with van der Waals surface area (Å²) >= 11 is 6.12. The van der Waals surface area contributed by atoms with Crippen LogP contribution in [0.5, 0.6) is 0 Å². The number of aliphatic imine (C=N–C) groups is 1. The van der Waals surface area contributed by atoms with Gasteiger partial charge < -0.3 is 15.7 Å². The summed E-state index contributed by atoms with van der Waals surface area (Å²) in [7, 11) is 0. The Morgan fingerprint density at radius 3 is 2.54 bits per heavy atom. The van der Waals surface area contributed by atoms with E-state index in [4.69, 9.17) is 11.6 Å². The maximum absolute atomic E-state index is 10.3. The van der Waals surface area contributed by atoms with Gasteiger partial charge in [0.15, 0.2) is 5.96 Å². The minimum atomic E-state index is -0.694. The van der Waals surface area contributed by atoms with Crippen LogP contribution in [0.15, 0.2) is 53.5 Å². The molecule has 128 valence electrons. The van der Waals surface area contributed by atoms with Gasteiger partial charge >= 0.3 is 0 Å². The quantitative estimate of drug-likeness (QED) is 0.555. The number of aliphatic hydroxyl groups is 1. The summed E-state index contributed by atoms with van der Waals surface area (Å²) in [4.78, 5) is 4.58. The molecule has 3 N–H and O–H groups in total. The van der Waals surface area contributed by atoms with Crippen LogP contribution in [0.3, 0.4) is 0 Å². The highest BCUT2D eigenvalue weighted by Crippen LogP contribution is 2.21. The van der Waals surface area contributed by atoms with Gasteiger partial charge in [-0.1, -0.05) is 54.1 Å². The van der Waals surface area contributed by atoms with Crippen molar-refractivity contribution in [3.05, 3.63) is 70.2 Å². The van der Waals surface area contributed by atoms with Crippen LogP contribution in [-0.4, -0.2) is 24.2 Å². The fourth-order valence-corrected chi connectivity index (χ4v) is 2.60. The molecule has 2 aromatic rings. The van der Waals surface area contributed by atoms with Gasteiger partial charge in [-0.2, -0.15) is 0 Å². The van der Waals surface area contributed by atoms with Crippen molar-refractivity contribution in [2.24, 2.45) is 4.99 Å². The van der Waals surface area contributed by atoms with Gasteiger partial charge in [0.25, 0.3) is 0 Å². The van der Waals surface area contributed by atoms with Gasteiger partial charge in [-0.3, -0.25) is 0 Å². The first-order chi connectivity index (χ1) is 11.6. The Labute approximate surface area is 148 Å². The first-order valence-corrected chi connectivity index (χ1v) is 8.48. The average molecular weight is 346 g/mol. The molecule has 0 aliphatic carbocycles. The molecule has 0 fully saturated rings. The van der Waals surface area contributed by atoms with Gasteiger partial charge in [-0.15, -0.1) is 0 Å². The van der Waals surface area contributed by atoms with Crippen LogP contribution in [-0.2, 0) is 6.54 Å². The first kappa shape index (κ1) is 18.3. The maximum atomic E-state index is 10.3. The van der Waals surface area contributed by atoms with Gasteiger partial charge in [0.05, 0.1) is 12.6 Å². The van der Waals surface area contributed by atoms with E-state index in [1.54, 1.807) is 6.07 Å². The molecule has 0 amide bonds. The van der Waals surface area contributed by atoms with E-state index in [9.17, 15) is 5.11 Å². The van der Waals surface area contributed by atoms with E-state index in [0.29, 0.717) is 29.6 Å². The Kier molecular flexibility index (Phi) is 7.09. The molecule has 1 atom stereocenters. The van der Waals surface area contributed by atoms with Gasteiger partial charge in [-0.05, 0) is 31.0 Å². The lowest BCUT2D eigenvalue weighted by atomic mass is 10.1. The van der Waals surface area contributed by atoms with Crippen LogP contribution >= 0.6 is 11.6 Å². The third-order valence-electron chi connectivity index (χ3n) is 3.74. The van der Waals surface area contributed by atoms with Crippen molar-refractivity contribution in [1.82, 2.24) is 10.6 Å². The molecule has 0 saturated heterocycles. The van der Waals surface area contributed by atoms with E-state index < -0.39 is 6.10 Å². The van der Waals surface area contributed by atoms with Crippen LogP contribution in [0.4, 0.5) is 0 Å². The lowest BCUT2D eigenvalue weighted by Crippen LogP contribution is -2.39. The van der Waals surface area contributed by atoms with Crippen LogP contribution in [0.1, 0.15) is 29.7 Å². The molecule has 5 heteroatoms. The van der Waals surface area contributed by atoms with E-state index in [2.05, 4.69) is 34.7 Å². The monoisotopic (exact) mass is 345 g/mol. The lowest BCUT2D eigenvalue weighted by Gasteiger charge is -2.16. The normalized spacial score (nSPS) is 12.8. The SMILES string of the molecule is CCNC(=NCc1ccccc1C)NCC(O)c1ccccc1Cl. The second-order valence-corrected chi connectivity index (χ2v) is 5.95. The highest BCUT2D eigenvalue weighted by molar-refractivity contribution is 6.31. The van der Waals surface area contributed by atoms with Crippen molar-refractivity contribution in [2.45, 2.75) is 26.5 Å². The van der Waals surface area contributed by atoms with Crippen LogP contribution in [0.2, 0.25) is 5.02 Å². The van der Waals surface area contributed by atoms with E-state index >= 15 is 0 Å². The van der Waals surface area contributed by atoms with Crippen molar-refractivity contribution in [3.63, 3.8) is 0 Å². The molecule has 2 rings (SSSR count). The van der Waals surface area contributed by atoms with E-state index in [1.165, 1.54) is 11.1 Å². The molecule has 0 aliphatic heterocycles. The number of aliphatic hydroxyl groups excluding tert-OH is 1. The molecular formula is C19H24ClN3O. The highest BCUT2D eigenvalue weighted by Gasteiger charge is 2.11. The molecule has 0 spiro atoms. The first-order valence-electron chi connectivity index (χ1n) is 8.11. The molecule has 0 radical (unpaired) electrons. The topological polar surface area (TPSA) is 56.7 Å². The average Bonchev–Trinajstić information content (AvgIpc) is 2.58. The van der Waals surface area contributed by atoms with E-state index in [0.717, 1.165) is 6.54 Å². The van der Waals surface area contributed by atoms with Crippen molar-refractivity contribution >= 4 is 17.6 Å². The van der Waals surface area contributed by atoms with Gasteiger partial charge in [-0.25, -0.2) is 4.99 Å². The third-order valence-corrected chi connectivity index (χ3v) is 4.08. The van der Waals surface area contributed by atoms with Gasteiger partial charge in [0.1, 0.15) is 0 Å².